The zero-order chi connectivity index (χ0) is 29.0. The zero-order valence-electron chi connectivity index (χ0n) is 22.4. The number of benzene rings is 3. The second-order valence-electron chi connectivity index (χ2n) is 8.97. The molecule has 0 aromatic heterocycles. The van der Waals surface area contributed by atoms with Gasteiger partial charge in [0, 0.05) is 0 Å². The molecular formula is C30H27BrN2O7. The minimum Gasteiger partial charge on any atom is -0.490 e. The Kier molecular flexibility index (Phi) is 8.69. The lowest BCUT2D eigenvalue weighted by molar-refractivity contribution is -0.122. The molecule has 1 aliphatic heterocycles. The van der Waals surface area contributed by atoms with E-state index in [0.717, 1.165) is 16.0 Å². The van der Waals surface area contributed by atoms with Gasteiger partial charge in [0.15, 0.2) is 11.5 Å². The molecule has 1 heterocycles. The van der Waals surface area contributed by atoms with E-state index in [4.69, 9.17) is 9.47 Å². The molecule has 9 nitrogen and oxygen atoms in total. The number of imide groups is 2. The highest BCUT2D eigenvalue weighted by atomic mass is 79.9. The van der Waals surface area contributed by atoms with Crippen molar-refractivity contribution in [2.24, 2.45) is 0 Å². The Balaban J connectivity index is 1.63. The number of amides is 4. The number of nitrogens with zero attached hydrogens (tertiary/aromatic N) is 1. The molecule has 4 rings (SSSR count). The van der Waals surface area contributed by atoms with Crippen LogP contribution >= 0.6 is 15.9 Å². The van der Waals surface area contributed by atoms with Gasteiger partial charge in [-0.05, 0) is 101 Å². The smallest absolute Gasteiger partial charge is 0.337 e. The van der Waals surface area contributed by atoms with E-state index in [0.29, 0.717) is 34.7 Å². The summed E-state index contributed by atoms with van der Waals surface area (Å²) in [5.41, 5.74) is 4.00. The molecule has 1 saturated heterocycles. The molecule has 4 amide bonds. The summed E-state index contributed by atoms with van der Waals surface area (Å²) in [7, 11) is 1.25. The fourth-order valence-corrected chi connectivity index (χ4v) is 4.62. The minimum absolute atomic E-state index is 0.180. The summed E-state index contributed by atoms with van der Waals surface area (Å²) in [6.45, 7) is 6.59. The van der Waals surface area contributed by atoms with Crippen molar-refractivity contribution in [2.75, 3.05) is 18.6 Å². The molecule has 0 spiro atoms. The van der Waals surface area contributed by atoms with Crippen molar-refractivity contribution in [2.45, 2.75) is 27.4 Å². The van der Waals surface area contributed by atoms with Crippen LogP contribution < -0.4 is 19.7 Å². The molecule has 206 valence electrons. The number of carbonyl (C=O) groups is 4. The van der Waals surface area contributed by atoms with Crippen molar-refractivity contribution in [3.63, 3.8) is 0 Å². The number of carbonyl (C=O) groups excluding carboxylic acids is 4. The van der Waals surface area contributed by atoms with Crippen molar-refractivity contribution in [3.8, 4) is 11.5 Å². The summed E-state index contributed by atoms with van der Waals surface area (Å²) in [5, 5.41) is 2.19. The van der Waals surface area contributed by atoms with Gasteiger partial charge in [0.1, 0.15) is 12.2 Å². The monoisotopic (exact) mass is 606 g/mol. The number of rotatable bonds is 8. The molecule has 10 heteroatoms. The normalized spacial score (nSPS) is 14.3. The van der Waals surface area contributed by atoms with Crippen molar-refractivity contribution in [1.29, 1.82) is 0 Å². The largest absolute Gasteiger partial charge is 0.490 e. The molecule has 0 radical (unpaired) electrons. The number of methoxy groups -OCH3 is 1. The van der Waals surface area contributed by atoms with Crippen molar-refractivity contribution < 1.29 is 33.4 Å². The summed E-state index contributed by atoms with van der Waals surface area (Å²) in [6, 6.07) is 14.2. The first-order valence-electron chi connectivity index (χ1n) is 12.4. The van der Waals surface area contributed by atoms with Crippen LogP contribution in [0, 0.1) is 13.8 Å². The van der Waals surface area contributed by atoms with E-state index < -0.39 is 23.8 Å². The molecule has 0 bridgehead atoms. The fraction of sp³-hybridized carbons (Fsp3) is 0.200. The Bertz CT molecular complexity index is 1530. The number of hydrogen-bond acceptors (Lipinski definition) is 7. The van der Waals surface area contributed by atoms with Gasteiger partial charge in [0.2, 0.25) is 0 Å². The van der Waals surface area contributed by atoms with E-state index in [9.17, 15) is 19.2 Å². The first kappa shape index (κ1) is 28.6. The van der Waals surface area contributed by atoms with Crippen LogP contribution in [0.2, 0.25) is 0 Å². The molecule has 3 aromatic rings. The number of esters is 1. The van der Waals surface area contributed by atoms with Gasteiger partial charge in [-0.2, -0.15) is 0 Å². The summed E-state index contributed by atoms with van der Waals surface area (Å²) >= 11 is 3.52. The second kappa shape index (κ2) is 12.2. The van der Waals surface area contributed by atoms with Gasteiger partial charge in [0.05, 0.1) is 29.4 Å². The Labute approximate surface area is 239 Å². The lowest BCUT2D eigenvalue weighted by Gasteiger charge is -2.26. The predicted molar refractivity (Wildman–Crippen MR) is 152 cm³/mol. The van der Waals surface area contributed by atoms with Gasteiger partial charge < -0.3 is 14.2 Å². The Morgan fingerprint density at radius 3 is 2.35 bits per heavy atom. The lowest BCUT2D eigenvalue weighted by Crippen LogP contribution is -2.54. The number of ether oxygens (including phenoxy) is 3. The number of aryl methyl sites for hydroxylation is 2. The van der Waals surface area contributed by atoms with Gasteiger partial charge >= 0.3 is 12.0 Å². The van der Waals surface area contributed by atoms with Crippen LogP contribution in [0.25, 0.3) is 6.08 Å². The molecule has 3 aromatic carbocycles. The maximum atomic E-state index is 13.3. The van der Waals surface area contributed by atoms with Gasteiger partial charge in [-0.15, -0.1) is 0 Å². The van der Waals surface area contributed by atoms with E-state index in [2.05, 4.69) is 32.0 Å². The molecule has 1 aliphatic rings. The number of hydrogen-bond donors (Lipinski definition) is 1. The molecule has 1 fully saturated rings. The van der Waals surface area contributed by atoms with Crippen LogP contribution in [0.4, 0.5) is 10.5 Å². The molecule has 0 aliphatic carbocycles. The molecular weight excluding hydrogens is 580 g/mol. The fourth-order valence-electron chi connectivity index (χ4n) is 4.05. The maximum absolute atomic E-state index is 13.3. The molecule has 0 saturated carbocycles. The first-order chi connectivity index (χ1) is 19.1. The third-order valence-electron chi connectivity index (χ3n) is 6.25. The number of barbiturate groups is 1. The highest BCUT2D eigenvalue weighted by Gasteiger charge is 2.37. The van der Waals surface area contributed by atoms with Crippen LogP contribution in [0.5, 0.6) is 11.5 Å². The third-order valence-corrected chi connectivity index (χ3v) is 6.83. The van der Waals surface area contributed by atoms with Crippen LogP contribution in [0.1, 0.15) is 39.5 Å². The highest BCUT2D eigenvalue weighted by Crippen LogP contribution is 2.38. The number of anilines is 1. The average molecular weight is 607 g/mol. The molecule has 40 heavy (non-hydrogen) atoms. The van der Waals surface area contributed by atoms with Gasteiger partial charge in [0.25, 0.3) is 11.8 Å². The summed E-state index contributed by atoms with van der Waals surface area (Å²) < 4.78 is 17.1. The molecule has 0 unspecified atom stereocenters. The number of nitrogens with one attached hydrogen (secondary N) is 1. The Morgan fingerprint density at radius 1 is 0.975 bits per heavy atom. The van der Waals surface area contributed by atoms with E-state index in [-0.39, 0.29) is 16.8 Å². The highest BCUT2D eigenvalue weighted by molar-refractivity contribution is 9.10. The molecule has 1 N–H and O–H groups in total. The minimum atomic E-state index is -0.899. The van der Waals surface area contributed by atoms with E-state index in [1.807, 2.05) is 32.9 Å². The van der Waals surface area contributed by atoms with Crippen molar-refractivity contribution >= 4 is 51.5 Å². The maximum Gasteiger partial charge on any atom is 0.337 e. The first-order valence-corrected chi connectivity index (χ1v) is 13.2. The summed E-state index contributed by atoms with van der Waals surface area (Å²) in [6.07, 6.45) is 1.38. The number of halogens is 1. The SMILES string of the molecule is CCOc1cc(/C=C2\C(=O)NC(=O)N(c3ccc(C(=O)OC)cc3)C2=O)cc(Br)c1OCc1ccc(C)c(C)c1. The zero-order valence-corrected chi connectivity index (χ0v) is 24.0. The lowest BCUT2D eigenvalue weighted by atomic mass is 10.1. The average Bonchev–Trinajstić information content (AvgIpc) is 2.92. The van der Waals surface area contributed by atoms with Gasteiger partial charge in [-0.1, -0.05) is 18.2 Å². The van der Waals surface area contributed by atoms with E-state index in [1.54, 1.807) is 12.1 Å². The van der Waals surface area contributed by atoms with Crippen LogP contribution in [0.15, 0.2) is 64.6 Å². The van der Waals surface area contributed by atoms with Gasteiger partial charge in [-0.25, -0.2) is 14.5 Å². The second-order valence-corrected chi connectivity index (χ2v) is 9.82. The van der Waals surface area contributed by atoms with Crippen LogP contribution in [0.3, 0.4) is 0 Å². The van der Waals surface area contributed by atoms with Gasteiger partial charge in [-0.3, -0.25) is 14.9 Å². The van der Waals surface area contributed by atoms with Crippen molar-refractivity contribution in [1.82, 2.24) is 5.32 Å². The topological polar surface area (TPSA) is 111 Å². The van der Waals surface area contributed by atoms with E-state index in [1.165, 1.54) is 43.0 Å². The Morgan fingerprint density at radius 2 is 1.70 bits per heavy atom. The Hall–Kier alpha value is -4.44. The van der Waals surface area contributed by atoms with E-state index >= 15 is 0 Å². The summed E-state index contributed by atoms with van der Waals surface area (Å²) in [4.78, 5) is 51.1. The molecule has 0 atom stereocenters. The van der Waals surface area contributed by atoms with Crippen molar-refractivity contribution in [3.05, 3.63) is 92.5 Å². The quantitative estimate of drug-likeness (QED) is 0.205. The predicted octanol–water partition coefficient (Wildman–Crippen LogP) is 5.50. The van der Waals surface area contributed by atoms with Crippen LogP contribution in [-0.4, -0.2) is 37.5 Å². The standard InChI is InChI=1S/C30H27BrN2O7/c1-5-39-25-15-20(14-24(31)26(25)40-16-19-7-6-17(2)18(3)12-19)13-23-27(34)32-30(37)33(28(23)35)22-10-8-21(9-11-22)29(36)38-4/h6-15H,5,16H2,1-4H3,(H,32,34,37)/b23-13+. The van der Waals surface area contributed by atoms with Crippen LogP contribution in [-0.2, 0) is 20.9 Å². The summed E-state index contributed by atoms with van der Waals surface area (Å²) in [5.74, 6) is -1.31. The number of urea groups is 1. The third kappa shape index (κ3) is 6.07.